The Hall–Kier alpha value is -1.22. The Morgan fingerprint density at radius 3 is 2.43 bits per heavy atom. The van der Waals surface area contributed by atoms with Gasteiger partial charge in [-0.1, -0.05) is 53.5 Å². The molecule has 3 rings (SSSR count). The lowest BCUT2D eigenvalue weighted by molar-refractivity contribution is 0.754. The van der Waals surface area contributed by atoms with Gasteiger partial charge in [0.05, 0.1) is 21.1 Å². The Balaban J connectivity index is 2.13. The average Bonchev–Trinajstić information content (AvgIpc) is 2.79. The number of nitrogens with zero attached hydrogens (tertiary/aromatic N) is 2. The molecule has 0 aliphatic carbocycles. The fourth-order valence-corrected chi connectivity index (χ4v) is 2.87. The summed E-state index contributed by atoms with van der Waals surface area (Å²) in [7, 11) is 0. The number of aromatic nitrogens is 2. The first-order chi connectivity index (χ1) is 10.2. The monoisotopic (exact) mass is 338 g/mol. The summed E-state index contributed by atoms with van der Waals surface area (Å²) in [4.78, 5) is 4.64. The van der Waals surface area contributed by atoms with E-state index in [0.717, 1.165) is 23.4 Å². The highest BCUT2D eigenvalue weighted by Gasteiger charge is 2.13. The highest BCUT2D eigenvalue weighted by Crippen LogP contribution is 2.29. The Kier molecular flexibility index (Phi) is 4.39. The molecule has 0 unspecified atom stereocenters. The van der Waals surface area contributed by atoms with Gasteiger partial charge in [-0.15, -0.1) is 11.6 Å². The third kappa shape index (κ3) is 3.03. The third-order valence-corrected chi connectivity index (χ3v) is 4.28. The van der Waals surface area contributed by atoms with Gasteiger partial charge in [0.2, 0.25) is 0 Å². The molecule has 0 atom stereocenters. The van der Waals surface area contributed by atoms with Crippen LogP contribution in [0.1, 0.15) is 11.4 Å². The number of hydrogen-bond donors (Lipinski definition) is 0. The van der Waals surface area contributed by atoms with Crippen molar-refractivity contribution < 1.29 is 0 Å². The highest BCUT2D eigenvalue weighted by molar-refractivity contribution is 6.42. The molecule has 0 saturated carbocycles. The number of aryl methyl sites for hydroxylation is 1. The maximum Gasteiger partial charge on any atom is 0.111 e. The van der Waals surface area contributed by atoms with Crippen LogP contribution >= 0.6 is 34.8 Å². The number of alkyl halides is 1. The summed E-state index contributed by atoms with van der Waals surface area (Å²) in [6.45, 7) is 0.738. The molecule has 1 heterocycles. The van der Waals surface area contributed by atoms with Crippen molar-refractivity contribution in [2.75, 3.05) is 5.88 Å². The highest BCUT2D eigenvalue weighted by atomic mass is 35.5. The van der Waals surface area contributed by atoms with Crippen LogP contribution in [-0.4, -0.2) is 15.4 Å². The summed E-state index contributed by atoms with van der Waals surface area (Å²) in [5, 5.41) is 1.06. The molecule has 0 saturated heterocycles. The van der Waals surface area contributed by atoms with E-state index in [1.54, 1.807) is 6.07 Å². The minimum atomic E-state index is 0.519. The lowest BCUT2D eigenvalue weighted by Gasteiger charge is -2.09. The van der Waals surface area contributed by atoms with Gasteiger partial charge in [-0.2, -0.15) is 0 Å². The maximum absolute atomic E-state index is 6.15. The number of fused-ring (bicyclic) bond motifs is 1. The van der Waals surface area contributed by atoms with Crippen LogP contribution in [0.25, 0.3) is 11.0 Å². The summed E-state index contributed by atoms with van der Waals surface area (Å²) in [6, 6.07) is 13.9. The number of benzene rings is 2. The Bertz CT molecular complexity index is 766. The molecule has 2 aromatic carbocycles. The van der Waals surface area contributed by atoms with Crippen LogP contribution in [0.3, 0.4) is 0 Å². The Morgan fingerprint density at radius 1 is 1.00 bits per heavy atom. The molecular formula is C16H13Cl3N2. The van der Waals surface area contributed by atoms with E-state index in [1.165, 1.54) is 5.56 Å². The second-order valence-corrected chi connectivity index (χ2v) is 5.99. The molecule has 0 fully saturated rings. The largest absolute Gasteiger partial charge is 0.323 e. The minimum absolute atomic E-state index is 0.519. The predicted octanol–water partition coefficient (Wildman–Crippen LogP) is 5.17. The second-order valence-electron chi connectivity index (χ2n) is 4.79. The topological polar surface area (TPSA) is 17.8 Å². The molecule has 0 spiro atoms. The zero-order chi connectivity index (χ0) is 14.8. The molecular weight excluding hydrogens is 327 g/mol. The molecule has 5 heteroatoms. The van der Waals surface area contributed by atoms with Crippen LogP contribution in [0.15, 0.2) is 42.5 Å². The van der Waals surface area contributed by atoms with Gasteiger partial charge in [-0.05, 0) is 17.7 Å². The lowest BCUT2D eigenvalue weighted by Crippen LogP contribution is -2.05. The normalized spacial score (nSPS) is 11.2. The van der Waals surface area contributed by atoms with Gasteiger partial charge in [0.15, 0.2) is 0 Å². The summed E-state index contributed by atoms with van der Waals surface area (Å²) in [6.07, 6.45) is 0.707. The average molecular weight is 340 g/mol. The SMILES string of the molecule is ClCCc1nc2cc(Cl)c(Cl)cc2n1Cc1ccccc1. The van der Waals surface area contributed by atoms with Gasteiger partial charge in [0, 0.05) is 18.8 Å². The van der Waals surface area contributed by atoms with Crippen molar-refractivity contribution in [3.63, 3.8) is 0 Å². The first-order valence-corrected chi connectivity index (χ1v) is 7.92. The van der Waals surface area contributed by atoms with E-state index >= 15 is 0 Å². The quantitative estimate of drug-likeness (QED) is 0.599. The van der Waals surface area contributed by atoms with Gasteiger partial charge in [0.25, 0.3) is 0 Å². The van der Waals surface area contributed by atoms with Crippen molar-refractivity contribution in [1.82, 2.24) is 9.55 Å². The molecule has 0 N–H and O–H groups in total. The van der Waals surface area contributed by atoms with Crippen molar-refractivity contribution in [3.8, 4) is 0 Å². The van der Waals surface area contributed by atoms with Gasteiger partial charge in [-0.25, -0.2) is 4.98 Å². The van der Waals surface area contributed by atoms with Crippen molar-refractivity contribution in [1.29, 1.82) is 0 Å². The molecule has 1 aromatic heterocycles. The van der Waals surface area contributed by atoms with Crippen molar-refractivity contribution >= 4 is 45.8 Å². The zero-order valence-corrected chi connectivity index (χ0v) is 13.5. The molecule has 0 aliphatic rings. The Morgan fingerprint density at radius 2 is 1.71 bits per heavy atom. The van der Waals surface area contributed by atoms with Gasteiger partial charge >= 0.3 is 0 Å². The number of halogens is 3. The summed E-state index contributed by atoms with van der Waals surface area (Å²) >= 11 is 18.1. The number of hydrogen-bond acceptors (Lipinski definition) is 1. The number of rotatable bonds is 4. The van der Waals surface area contributed by atoms with E-state index in [1.807, 2.05) is 24.3 Å². The number of imidazole rings is 1. The summed E-state index contributed by atoms with van der Waals surface area (Å²) < 4.78 is 2.15. The van der Waals surface area contributed by atoms with Crippen LogP contribution < -0.4 is 0 Å². The van der Waals surface area contributed by atoms with E-state index in [-0.39, 0.29) is 0 Å². The van der Waals surface area contributed by atoms with Gasteiger partial charge in [-0.3, -0.25) is 0 Å². The van der Waals surface area contributed by atoms with Crippen LogP contribution in [0.5, 0.6) is 0 Å². The van der Waals surface area contributed by atoms with Gasteiger partial charge < -0.3 is 4.57 Å². The fourth-order valence-electron chi connectivity index (χ4n) is 2.39. The summed E-state index contributed by atoms with van der Waals surface area (Å²) in [5.74, 6) is 1.47. The molecule has 0 aliphatic heterocycles. The fraction of sp³-hybridized carbons (Fsp3) is 0.188. The van der Waals surface area contributed by atoms with E-state index in [4.69, 9.17) is 34.8 Å². The van der Waals surface area contributed by atoms with Crippen LogP contribution in [0.4, 0.5) is 0 Å². The molecule has 3 aromatic rings. The molecule has 108 valence electrons. The predicted molar refractivity (Wildman–Crippen MR) is 89.7 cm³/mol. The molecule has 0 bridgehead atoms. The zero-order valence-electron chi connectivity index (χ0n) is 11.2. The smallest absolute Gasteiger partial charge is 0.111 e. The molecule has 0 amide bonds. The van der Waals surface area contributed by atoms with E-state index < -0.39 is 0 Å². The van der Waals surface area contributed by atoms with Crippen LogP contribution in [0.2, 0.25) is 10.0 Å². The van der Waals surface area contributed by atoms with Crippen LogP contribution in [-0.2, 0) is 13.0 Å². The second kappa shape index (κ2) is 6.27. The standard InChI is InChI=1S/C16H13Cl3N2/c17-7-6-16-20-14-8-12(18)13(19)9-15(14)21(16)10-11-4-2-1-3-5-11/h1-5,8-9H,6-7,10H2. The molecule has 2 nitrogen and oxygen atoms in total. The van der Waals surface area contributed by atoms with E-state index in [9.17, 15) is 0 Å². The first kappa shape index (κ1) is 14.7. The first-order valence-electron chi connectivity index (χ1n) is 6.63. The van der Waals surface area contributed by atoms with Crippen molar-refractivity contribution in [3.05, 3.63) is 63.9 Å². The minimum Gasteiger partial charge on any atom is -0.323 e. The van der Waals surface area contributed by atoms with Crippen molar-refractivity contribution in [2.45, 2.75) is 13.0 Å². The Labute approximate surface area is 138 Å². The molecule has 21 heavy (non-hydrogen) atoms. The lowest BCUT2D eigenvalue weighted by atomic mass is 10.2. The van der Waals surface area contributed by atoms with Crippen LogP contribution in [0, 0.1) is 0 Å². The third-order valence-electron chi connectivity index (χ3n) is 3.37. The van der Waals surface area contributed by atoms with Gasteiger partial charge in [0.1, 0.15) is 5.82 Å². The van der Waals surface area contributed by atoms with E-state index in [0.29, 0.717) is 22.3 Å². The molecule has 0 radical (unpaired) electrons. The summed E-state index contributed by atoms with van der Waals surface area (Å²) in [5.41, 5.74) is 3.03. The van der Waals surface area contributed by atoms with E-state index in [2.05, 4.69) is 21.7 Å². The maximum atomic E-state index is 6.15. The van der Waals surface area contributed by atoms with Crippen molar-refractivity contribution in [2.24, 2.45) is 0 Å².